The van der Waals surface area contributed by atoms with E-state index >= 15 is 0 Å². The third-order valence-electron chi connectivity index (χ3n) is 5.32. The van der Waals surface area contributed by atoms with E-state index in [1.807, 2.05) is 0 Å². The second-order valence-electron chi connectivity index (χ2n) is 7.20. The summed E-state index contributed by atoms with van der Waals surface area (Å²) in [5.41, 5.74) is -0.384. The first-order valence-electron chi connectivity index (χ1n) is 11.1. The first-order valence-corrected chi connectivity index (χ1v) is 8.15. The van der Waals surface area contributed by atoms with Gasteiger partial charge in [0.1, 0.15) is 0 Å². The van der Waals surface area contributed by atoms with Gasteiger partial charge in [0.05, 0.1) is 5.92 Å². The van der Waals surface area contributed by atoms with E-state index in [2.05, 4.69) is 0 Å². The Bertz CT molecular complexity index is 808. The molecule has 24 heavy (non-hydrogen) atoms. The summed E-state index contributed by atoms with van der Waals surface area (Å²) >= 11 is 0. The lowest BCUT2D eigenvalue weighted by molar-refractivity contribution is -0.156. The molecule has 0 spiro atoms. The average Bonchev–Trinajstić information content (AvgIpc) is 3.07. The number of imide groups is 1. The molecule has 1 aliphatic heterocycles. The van der Waals surface area contributed by atoms with E-state index < -0.39 is 61.0 Å². The number of amides is 2. The minimum Gasteiger partial charge on any atom is -0.443 e. The molecule has 5 heteroatoms. The molecule has 0 aromatic heterocycles. The molecule has 130 valence electrons. The molecule has 0 bridgehead atoms. The van der Waals surface area contributed by atoms with E-state index in [1.54, 1.807) is 13.8 Å². The molecule has 3 rings (SSSR count). The quantitative estimate of drug-likeness (QED) is 0.449. The Morgan fingerprint density at radius 2 is 1.83 bits per heavy atom. The predicted molar refractivity (Wildman–Crippen MR) is 88.5 cm³/mol. The Morgan fingerprint density at radius 1 is 1.25 bits per heavy atom. The average molecular weight is 337 g/mol. The fourth-order valence-electron chi connectivity index (χ4n) is 3.75. The molecule has 0 aromatic carbocycles. The maximum atomic E-state index is 12.6. The summed E-state index contributed by atoms with van der Waals surface area (Å²) < 4.78 is 50.2. The van der Waals surface area contributed by atoms with Gasteiger partial charge in [-0.3, -0.25) is 14.4 Å². The minimum atomic E-state index is -2.81. The van der Waals surface area contributed by atoms with Crippen LogP contribution in [0.4, 0.5) is 0 Å². The Hall–Kier alpha value is -1.91. The molecule has 3 aliphatic rings. The van der Waals surface area contributed by atoms with Crippen molar-refractivity contribution in [3.05, 3.63) is 22.8 Å². The van der Waals surface area contributed by atoms with Crippen molar-refractivity contribution < 1.29 is 27.3 Å². The Labute approximate surface area is 151 Å². The number of ether oxygens (including phenoxy) is 1. The molecule has 0 aromatic rings. The zero-order chi connectivity index (χ0) is 22.6. The van der Waals surface area contributed by atoms with Crippen LogP contribution < -0.4 is 0 Å². The van der Waals surface area contributed by atoms with Gasteiger partial charge in [-0.1, -0.05) is 25.5 Å². The van der Waals surface area contributed by atoms with Gasteiger partial charge in [-0.2, -0.15) is 0 Å². The summed E-state index contributed by atoms with van der Waals surface area (Å²) in [5, 5.41) is 0. The molecular weight excluding hydrogens is 306 g/mol. The molecule has 2 aliphatic carbocycles. The number of allylic oxidation sites excluding steroid dienone is 2. The normalized spacial score (nSPS) is 32.7. The van der Waals surface area contributed by atoms with E-state index in [9.17, 15) is 14.4 Å². The van der Waals surface area contributed by atoms with Crippen molar-refractivity contribution in [1.29, 1.82) is 0 Å². The van der Waals surface area contributed by atoms with Gasteiger partial charge in [0.25, 0.3) is 11.8 Å². The molecular formula is C19H25NO4. The maximum Gasteiger partial charge on any atom is 0.311 e. The minimum absolute atomic E-state index is 0.430. The van der Waals surface area contributed by atoms with Crippen LogP contribution >= 0.6 is 0 Å². The van der Waals surface area contributed by atoms with Crippen molar-refractivity contribution in [2.75, 3.05) is 6.73 Å². The number of carbonyl (C=O) groups is 3. The standard InChI is InChI=1S/C19H25NO4/c1-11(2)9-14-15(19(14,3)4)18(23)24-10-20-16(21)12-7-5-6-8-13(12)17(20)22/h9,14-15H,5-8,10H2,1-4H3/i1D3,2D3. The number of rotatable bonds is 4. The van der Waals surface area contributed by atoms with Gasteiger partial charge in [-0.15, -0.1) is 0 Å². The van der Waals surface area contributed by atoms with Gasteiger partial charge in [0, 0.05) is 19.4 Å². The molecule has 2 unspecified atom stereocenters. The van der Waals surface area contributed by atoms with Crippen LogP contribution in [0.25, 0.3) is 0 Å². The van der Waals surface area contributed by atoms with Gasteiger partial charge < -0.3 is 4.74 Å². The number of hydrogen-bond donors (Lipinski definition) is 0. The van der Waals surface area contributed by atoms with Crippen LogP contribution in [0.15, 0.2) is 22.8 Å². The van der Waals surface area contributed by atoms with Crippen LogP contribution in [0, 0.1) is 17.3 Å². The summed E-state index contributed by atoms with van der Waals surface area (Å²) in [5.74, 6) is -2.94. The van der Waals surface area contributed by atoms with Crippen LogP contribution in [0.2, 0.25) is 0 Å². The van der Waals surface area contributed by atoms with Crippen molar-refractivity contribution in [1.82, 2.24) is 4.90 Å². The SMILES string of the molecule is [2H]C([2H])([2H])C(=CC1C(C(=O)OCN2C(=O)C3=C(CCCC3)C2=O)C1(C)C)C([2H])([2H])[2H]. The number of carbonyl (C=O) groups excluding carboxylic acids is 3. The molecule has 0 N–H and O–H groups in total. The summed E-state index contributed by atoms with van der Waals surface area (Å²) in [6.07, 6.45) is 3.90. The fraction of sp³-hybridized carbons (Fsp3) is 0.632. The second-order valence-corrected chi connectivity index (χ2v) is 7.20. The number of nitrogens with zero attached hydrogens (tertiary/aromatic N) is 1. The second kappa shape index (κ2) is 5.87. The molecule has 2 atom stereocenters. The highest BCUT2D eigenvalue weighted by Crippen LogP contribution is 2.59. The van der Waals surface area contributed by atoms with E-state index in [-0.39, 0.29) is 0 Å². The van der Waals surface area contributed by atoms with Crippen molar-refractivity contribution in [2.45, 2.75) is 53.2 Å². The van der Waals surface area contributed by atoms with Gasteiger partial charge in [-0.25, -0.2) is 4.90 Å². The maximum absolute atomic E-state index is 12.6. The summed E-state index contributed by atoms with van der Waals surface area (Å²) in [6, 6.07) is 0. The van der Waals surface area contributed by atoms with Crippen molar-refractivity contribution >= 4 is 17.8 Å². The lowest BCUT2D eigenvalue weighted by Gasteiger charge is -2.15. The molecule has 1 saturated carbocycles. The Kier molecular flexibility index (Phi) is 2.65. The van der Waals surface area contributed by atoms with Crippen LogP contribution in [0.3, 0.4) is 0 Å². The molecule has 0 radical (unpaired) electrons. The van der Waals surface area contributed by atoms with E-state index in [0.29, 0.717) is 24.0 Å². The highest BCUT2D eigenvalue weighted by Gasteiger charge is 2.61. The van der Waals surface area contributed by atoms with Gasteiger partial charge in [-0.05, 0) is 50.7 Å². The van der Waals surface area contributed by atoms with Gasteiger partial charge in [0.2, 0.25) is 0 Å². The van der Waals surface area contributed by atoms with Crippen LogP contribution in [0.1, 0.15) is 61.5 Å². The van der Waals surface area contributed by atoms with Crippen molar-refractivity contribution in [3.8, 4) is 0 Å². The van der Waals surface area contributed by atoms with Crippen molar-refractivity contribution in [3.63, 3.8) is 0 Å². The zero-order valence-electron chi connectivity index (χ0n) is 19.8. The summed E-state index contributed by atoms with van der Waals surface area (Å²) in [6.45, 7) is -2.70. The largest absolute Gasteiger partial charge is 0.443 e. The molecule has 1 fully saturated rings. The Morgan fingerprint density at radius 3 is 2.38 bits per heavy atom. The highest BCUT2D eigenvalue weighted by atomic mass is 16.5. The molecule has 1 heterocycles. The van der Waals surface area contributed by atoms with Crippen LogP contribution in [-0.2, 0) is 19.1 Å². The zero-order valence-corrected chi connectivity index (χ0v) is 13.8. The van der Waals surface area contributed by atoms with E-state index in [0.717, 1.165) is 23.8 Å². The van der Waals surface area contributed by atoms with E-state index in [4.69, 9.17) is 13.0 Å². The molecule has 2 amide bonds. The number of esters is 1. The van der Waals surface area contributed by atoms with Gasteiger partial charge in [0.15, 0.2) is 6.73 Å². The van der Waals surface area contributed by atoms with E-state index in [1.165, 1.54) is 0 Å². The lowest BCUT2D eigenvalue weighted by atomic mass is 9.93. The lowest BCUT2D eigenvalue weighted by Crippen LogP contribution is -2.35. The monoisotopic (exact) mass is 337 g/mol. The first-order chi connectivity index (χ1) is 13.7. The van der Waals surface area contributed by atoms with Crippen molar-refractivity contribution in [2.24, 2.45) is 17.3 Å². The predicted octanol–water partition coefficient (Wildman–Crippen LogP) is 2.96. The topological polar surface area (TPSA) is 63.7 Å². The van der Waals surface area contributed by atoms with Gasteiger partial charge >= 0.3 is 5.97 Å². The van der Waals surface area contributed by atoms with Crippen LogP contribution in [-0.4, -0.2) is 29.4 Å². The van der Waals surface area contributed by atoms with Crippen LogP contribution in [0.5, 0.6) is 0 Å². The Balaban J connectivity index is 1.69. The number of hydrogen-bond acceptors (Lipinski definition) is 4. The highest BCUT2D eigenvalue weighted by molar-refractivity contribution is 6.19. The smallest absolute Gasteiger partial charge is 0.311 e. The third kappa shape index (κ3) is 2.70. The fourth-order valence-corrected chi connectivity index (χ4v) is 3.75. The molecule has 0 saturated heterocycles. The third-order valence-corrected chi connectivity index (χ3v) is 5.32. The summed E-state index contributed by atoms with van der Waals surface area (Å²) in [4.78, 5) is 38.4. The molecule has 5 nitrogen and oxygen atoms in total. The summed E-state index contributed by atoms with van der Waals surface area (Å²) in [7, 11) is 0. The first kappa shape index (κ1) is 10.9.